The highest BCUT2D eigenvalue weighted by Crippen LogP contribution is 2.26. The molecule has 5 nitrogen and oxygen atoms in total. The third-order valence-electron chi connectivity index (χ3n) is 4.95. The maximum atomic E-state index is 12.7. The average molecular weight is 381 g/mol. The zero-order valence-corrected chi connectivity index (χ0v) is 15.9. The molecule has 1 aliphatic heterocycles. The quantitative estimate of drug-likeness (QED) is 0.709. The molecule has 1 N–H and O–H groups in total. The van der Waals surface area contributed by atoms with E-state index in [-0.39, 0.29) is 6.03 Å². The van der Waals surface area contributed by atoms with Crippen LogP contribution in [0.5, 0.6) is 0 Å². The highest BCUT2D eigenvalue weighted by Gasteiger charge is 2.22. The zero-order valence-electron chi connectivity index (χ0n) is 15.2. The third-order valence-corrected chi connectivity index (χ3v) is 5.19. The van der Waals surface area contributed by atoms with E-state index in [2.05, 4.69) is 22.1 Å². The zero-order chi connectivity index (χ0) is 18.8. The number of anilines is 2. The molecule has 0 unspecified atom stereocenters. The van der Waals surface area contributed by atoms with Gasteiger partial charge in [-0.15, -0.1) is 0 Å². The molecule has 2 aromatic carbocycles. The Morgan fingerprint density at radius 2 is 1.85 bits per heavy atom. The van der Waals surface area contributed by atoms with Gasteiger partial charge >= 0.3 is 6.03 Å². The number of para-hydroxylation sites is 1. The summed E-state index contributed by atoms with van der Waals surface area (Å²) >= 11 is 6.15. The van der Waals surface area contributed by atoms with Crippen LogP contribution in [-0.4, -0.2) is 42.1 Å². The predicted molar refractivity (Wildman–Crippen MR) is 111 cm³/mol. The Hall–Kier alpha value is -2.79. The number of amides is 2. The summed E-state index contributed by atoms with van der Waals surface area (Å²) in [7, 11) is 0. The molecule has 3 aromatic rings. The number of halogens is 1. The molecule has 2 amide bonds. The minimum Gasteiger partial charge on any atom is -0.368 e. The summed E-state index contributed by atoms with van der Waals surface area (Å²) in [4.78, 5) is 21.2. The van der Waals surface area contributed by atoms with E-state index in [1.165, 1.54) is 5.56 Å². The van der Waals surface area contributed by atoms with Crippen LogP contribution < -0.4 is 10.2 Å². The second-order valence-corrected chi connectivity index (χ2v) is 7.15. The fourth-order valence-corrected chi connectivity index (χ4v) is 3.64. The fraction of sp³-hybridized carbons (Fsp3) is 0.238. The van der Waals surface area contributed by atoms with Crippen molar-refractivity contribution in [3.8, 4) is 0 Å². The Morgan fingerprint density at radius 1 is 1.07 bits per heavy atom. The normalized spacial score (nSPS) is 14.4. The monoisotopic (exact) mass is 380 g/mol. The number of aryl methyl sites for hydroxylation is 1. The Morgan fingerprint density at radius 3 is 2.67 bits per heavy atom. The van der Waals surface area contributed by atoms with Crippen LogP contribution in [0.15, 0.2) is 54.7 Å². The summed E-state index contributed by atoms with van der Waals surface area (Å²) < 4.78 is 0. The van der Waals surface area contributed by atoms with Gasteiger partial charge in [0, 0.05) is 48.5 Å². The minimum atomic E-state index is -0.0874. The number of hydrogen-bond donors (Lipinski definition) is 1. The Bertz CT molecular complexity index is 978. The van der Waals surface area contributed by atoms with Crippen molar-refractivity contribution in [1.82, 2.24) is 9.88 Å². The molecule has 1 saturated heterocycles. The molecule has 1 fully saturated rings. The van der Waals surface area contributed by atoms with Gasteiger partial charge in [0.1, 0.15) is 0 Å². The van der Waals surface area contributed by atoms with Gasteiger partial charge in [-0.1, -0.05) is 35.9 Å². The van der Waals surface area contributed by atoms with E-state index < -0.39 is 0 Å². The first-order valence-corrected chi connectivity index (χ1v) is 9.40. The molecule has 1 aliphatic rings. The predicted octanol–water partition coefficient (Wildman–Crippen LogP) is 4.55. The number of aromatic nitrogens is 1. The van der Waals surface area contributed by atoms with Gasteiger partial charge in [-0.2, -0.15) is 0 Å². The molecule has 0 spiro atoms. The number of carbonyl (C=O) groups excluding carboxylic acids is 1. The van der Waals surface area contributed by atoms with E-state index in [1.54, 1.807) is 6.20 Å². The van der Waals surface area contributed by atoms with E-state index in [0.29, 0.717) is 13.1 Å². The van der Waals surface area contributed by atoms with Crippen molar-refractivity contribution in [3.05, 3.63) is 65.3 Å². The van der Waals surface area contributed by atoms with E-state index in [1.807, 2.05) is 53.4 Å². The molecule has 0 bridgehead atoms. The molecule has 0 atom stereocenters. The van der Waals surface area contributed by atoms with Crippen molar-refractivity contribution in [2.45, 2.75) is 6.92 Å². The molecule has 2 heterocycles. The van der Waals surface area contributed by atoms with Gasteiger partial charge in [0.2, 0.25) is 0 Å². The van der Waals surface area contributed by atoms with Crippen LogP contribution in [0.4, 0.5) is 16.2 Å². The topological polar surface area (TPSA) is 48.5 Å². The van der Waals surface area contributed by atoms with Crippen LogP contribution >= 0.6 is 11.6 Å². The molecular weight excluding hydrogens is 360 g/mol. The van der Waals surface area contributed by atoms with Crippen molar-refractivity contribution in [3.63, 3.8) is 0 Å². The second-order valence-electron chi connectivity index (χ2n) is 6.72. The lowest BCUT2D eigenvalue weighted by atomic mass is 10.1. The SMILES string of the molecule is Cc1ccc(Cl)cc1N1CCN(C(=O)Nc2cccc3cccnc23)CC1. The molecule has 27 heavy (non-hydrogen) atoms. The highest BCUT2D eigenvalue weighted by molar-refractivity contribution is 6.30. The average Bonchev–Trinajstić information content (AvgIpc) is 2.70. The number of benzene rings is 2. The van der Waals surface area contributed by atoms with Crippen LogP contribution in [0.2, 0.25) is 5.02 Å². The van der Waals surface area contributed by atoms with Crippen LogP contribution in [0.3, 0.4) is 0 Å². The van der Waals surface area contributed by atoms with Gasteiger partial charge in [0.15, 0.2) is 0 Å². The maximum absolute atomic E-state index is 12.7. The first-order chi connectivity index (χ1) is 13.1. The highest BCUT2D eigenvalue weighted by atomic mass is 35.5. The summed E-state index contributed by atoms with van der Waals surface area (Å²) in [6.45, 7) is 4.97. The Kier molecular flexibility index (Phi) is 4.86. The number of urea groups is 1. The Labute approximate surface area is 163 Å². The Balaban J connectivity index is 1.43. The molecule has 0 radical (unpaired) electrons. The number of nitrogens with zero attached hydrogens (tertiary/aromatic N) is 3. The number of nitrogens with one attached hydrogen (secondary N) is 1. The van der Waals surface area contributed by atoms with Crippen LogP contribution in [0, 0.1) is 6.92 Å². The van der Waals surface area contributed by atoms with Crippen molar-refractivity contribution in [2.24, 2.45) is 0 Å². The number of carbonyl (C=O) groups is 1. The number of piperazine rings is 1. The standard InChI is InChI=1S/C21H21ClN4O/c1-15-7-8-17(22)14-19(15)25-10-12-26(13-11-25)21(27)24-18-6-2-4-16-5-3-9-23-20(16)18/h2-9,14H,10-13H2,1H3,(H,24,27). The summed E-state index contributed by atoms with van der Waals surface area (Å²) in [5, 5.41) is 4.76. The minimum absolute atomic E-state index is 0.0874. The lowest BCUT2D eigenvalue weighted by Crippen LogP contribution is -2.50. The van der Waals surface area contributed by atoms with Gasteiger partial charge < -0.3 is 15.1 Å². The number of hydrogen-bond acceptors (Lipinski definition) is 3. The van der Waals surface area contributed by atoms with Crippen molar-refractivity contribution < 1.29 is 4.79 Å². The number of rotatable bonds is 2. The van der Waals surface area contributed by atoms with Crippen molar-refractivity contribution in [2.75, 3.05) is 36.4 Å². The maximum Gasteiger partial charge on any atom is 0.322 e. The summed E-state index contributed by atoms with van der Waals surface area (Å²) in [6, 6.07) is 15.5. The largest absolute Gasteiger partial charge is 0.368 e. The molecular formula is C21H21ClN4O. The van der Waals surface area contributed by atoms with Gasteiger partial charge in [-0.05, 0) is 36.8 Å². The van der Waals surface area contributed by atoms with Crippen molar-refractivity contribution >= 4 is 39.9 Å². The first-order valence-electron chi connectivity index (χ1n) is 9.02. The van der Waals surface area contributed by atoms with Crippen LogP contribution in [0.25, 0.3) is 10.9 Å². The molecule has 1 aromatic heterocycles. The van der Waals surface area contributed by atoms with Crippen molar-refractivity contribution in [1.29, 1.82) is 0 Å². The summed E-state index contributed by atoms with van der Waals surface area (Å²) in [5.74, 6) is 0. The second kappa shape index (κ2) is 7.45. The van der Waals surface area contributed by atoms with E-state index in [0.717, 1.165) is 40.4 Å². The van der Waals surface area contributed by atoms with Gasteiger partial charge in [0.25, 0.3) is 0 Å². The molecule has 4 rings (SSSR count). The third kappa shape index (κ3) is 3.69. The van der Waals surface area contributed by atoms with Crippen LogP contribution in [0.1, 0.15) is 5.56 Å². The summed E-state index contributed by atoms with van der Waals surface area (Å²) in [5.41, 5.74) is 3.88. The summed E-state index contributed by atoms with van der Waals surface area (Å²) in [6.07, 6.45) is 1.74. The van der Waals surface area contributed by atoms with E-state index in [4.69, 9.17) is 11.6 Å². The van der Waals surface area contributed by atoms with Gasteiger partial charge in [-0.25, -0.2) is 4.79 Å². The lowest BCUT2D eigenvalue weighted by Gasteiger charge is -2.36. The molecule has 138 valence electrons. The lowest BCUT2D eigenvalue weighted by molar-refractivity contribution is 0.208. The van der Waals surface area contributed by atoms with Gasteiger partial charge in [-0.3, -0.25) is 4.98 Å². The number of pyridine rings is 1. The molecule has 6 heteroatoms. The smallest absolute Gasteiger partial charge is 0.322 e. The van der Waals surface area contributed by atoms with E-state index >= 15 is 0 Å². The van der Waals surface area contributed by atoms with E-state index in [9.17, 15) is 4.79 Å². The number of fused-ring (bicyclic) bond motifs is 1. The molecule has 0 aliphatic carbocycles. The van der Waals surface area contributed by atoms with Crippen LogP contribution in [-0.2, 0) is 0 Å². The van der Waals surface area contributed by atoms with Gasteiger partial charge in [0.05, 0.1) is 11.2 Å². The fourth-order valence-electron chi connectivity index (χ4n) is 3.47. The molecule has 0 saturated carbocycles. The first kappa shape index (κ1) is 17.6.